The van der Waals surface area contributed by atoms with Crippen molar-refractivity contribution in [1.29, 1.82) is 0 Å². The van der Waals surface area contributed by atoms with Crippen molar-refractivity contribution < 1.29 is 19.1 Å². The molecule has 0 saturated heterocycles. The summed E-state index contributed by atoms with van der Waals surface area (Å²) in [6, 6.07) is 2.20. The van der Waals surface area contributed by atoms with Gasteiger partial charge >= 0.3 is 5.97 Å². The largest absolute Gasteiger partial charge is 0.469 e. The lowest BCUT2D eigenvalue weighted by Gasteiger charge is -2.59. The van der Waals surface area contributed by atoms with Crippen LogP contribution in [0.5, 0.6) is 0 Å². The third-order valence-corrected chi connectivity index (χ3v) is 8.71. The van der Waals surface area contributed by atoms with E-state index in [0.29, 0.717) is 17.3 Å². The quantitative estimate of drug-likeness (QED) is 0.805. The molecule has 0 amide bonds. The highest BCUT2D eigenvalue weighted by atomic mass is 16.5. The van der Waals surface area contributed by atoms with Gasteiger partial charge in [-0.1, -0.05) is 6.92 Å². The zero-order valence-electron chi connectivity index (χ0n) is 15.9. The predicted octanol–water partition coefficient (Wildman–Crippen LogP) is 4.21. The minimum absolute atomic E-state index is 0.174. The van der Waals surface area contributed by atoms with E-state index in [4.69, 9.17) is 9.15 Å². The first-order chi connectivity index (χ1) is 12.4. The van der Waals surface area contributed by atoms with Crippen molar-refractivity contribution in [3.63, 3.8) is 0 Å². The second-order valence-corrected chi connectivity index (χ2v) is 9.85. The zero-order valence-corrected chi connectivity index (χ0v) is 15.9. The fourth-order valence-corrected chi connectivity index (χ4v) is 7.72. The standard InChI is InChI=1S/C22H30O4/c1-14(23)26-13-22(24)12-21-9-5-17-16-7-10-25-18(16)6-8-20(17,2)19(21)4-3-15(22)11-21/h7,10,15,17,19,24H,3-6,8-9,11-13H2,1-2H3/t15-,17-,19+,20-,21+,22-/m1/s1. The molecule has 1 aromatic heterocycles. The fourth-order valence-electron chi connectivity index (χ4n) is 7.72. The van der Waals surface area contributed by atoms with Crippen molar-refractivity contribution in [3.8, 4) is 0 Å². The summed E-state index contributed by atoms with van der Waals surface area (Å²) in [6.45, 7) is 4.11. The Balaban J connectivity index is 1.47. The van der Waals surface area contributed by atoms with Crippen LogP contribution >= 0.6 is 0 Å². The summed E-state index contributed by atoms with van der Waals surface area (Å²) in [5, 5.41) is 11.4. The van der Waals surface area contributed by atoms with Crippen LogP contribution < -0.4 is 0 Å². The van der Waals surface area contributed by atoms with Gasteiger partial charge in [-0.3, -0.25) is 4.79 Å². The van der Waals surface area contributed by atoms with Crippen LogP contribution in [0.15, 0.2) is 16.7 Å². The first-order valence-electron chi connectivity index (χ1n) is 10.3. The molecule has 3 fully saturated rings. The summed E-state index contributed by atoms with van der Waals surface area (Å²) >= 11 is 0. The minimum atomic E-state index is -0.820. The number of furan rings is 1. The lowest BCUT2D eigenvalue weighted by Crippen LogP contribution is -2.51. The minimum Gasteiger partial charge on any atom is -0.469 e. The van der Waals surface area contributed by atoms with E-state index < -0.39 is 5.60 Å². The van der Waals surface area contributed by atoms with Crippen LogP contribution in [-0.4, -0.2) is 23.3 Å². The molecule has 6 atom stereocenters. The first kappa shape index (κ1) is 16.9. The summed E-state index contributed by atoms with van der Waals surface area (Å²) in [7, 11) is 0. The number of aryl methyl sites for hydroxylation is 1. The SMILES string of the molecule is CC(=O)OC[C@]1(O)C[C@@]23CC[C@@H]4c5ccoc5CC[C@@]4(C)[C@@H]2CC[C@@H]1C3. The normalized spacial score (nSPS) is 46.2. The highest BCUT2D eigenvalue weighted by Crippen LogP contribution is 2.72. The Kier molecular flexibility index (Phi) is 3.48. The maximum atomic E-state index is 11.4. The van der Waals surface area contributed by atoms with Gasteiger partial charge in [0.05, 0.1) is 6.26 Å². The van der Waals surface area contributed by atoms with E-state index in [2.05, 4.69) is 13.0 Å². The number of hydrogen-bond acceptors (Lipinski definition) is 4. The fraction of sp³-hybridized carbons (Fsp3) is 0.773. The van der Waals surface area contributed by atoms with Crippen molar-refractivity contribution >= 4 is 5.97 Å². The summed E-state index contributed by atoms with van der Waals surface area (Å²) < 4.78 is 11.0. The number of hydrogen-bond donors (Lipinski definition) is 1. The smallest absolute Gasteiger partial charge is 0.302 e. The lowest BCUT2D eigenvalue weighted by molar-refractivity contribution is -0.151. The highest BCUT2D eigenvalue weighted by molar-refractivity contribution is 5.66. The van der Waals surface area contributed by atoms with Gasteiger partial charge in [-0.2, -0.15) is 0 Å². The van der Waals surface area contributed by atoms with E-state index in [0.717, 1.165) is 25.7 Å². The Hall–Kier alpha value is -1.29. The Morgan fingerprint density at radius 2 is 2.19 bits per heavy atom. The molecule has 0 aromatic carbocycles. The topological polar surface area (TPSA) is 59.7 Å². The molecule has 1 spiro atoms. The molecular formula is C22H30O4. The summed E-state index contributed by atoms with van der Waals surface area (Å²) in [5.41, 5.74) is 1.15. The molecule has 4 aliphatic rings. The van der Waals surface area contributed by atoms with Crippen LogP contribution in [0.3, 0.4) is 0 Å². The number of aliphatic hydroxyl groups is 1. The van der Waals surface area contributed by atoms with Gasteiger partial charge in [0.1, 0.15) is 18.0 Å². The third-order valence-electron chi connectivity index (χ3n) is 8.71. The van der Waals surface area contributed by atoms with Gasteiger partial charge in [-0.05, 0) is 85.2 Å². The Labute approximate surface area is 155 Å². The van der Waals surface area contributed by atoms with Crippen LogP contribution in [0, 0.1) is 22.7 Å². The molecule has 26 heavy (non-hydrogen) atoms. The summed E-state index contributed by atoms with van der Waals surface area (Å²) in [6.07, 6.45) is 10.7. The molecule has 4 heteroatoms. The molecule has 0 unspecified atom stereocenters. The maximum Gasteiger partial charge on any atom is 0.302 e. The van der Waals surface area contributed by atoms with Gasteiger partial charge in [0.25, 0.3) is 0 Å². The van der Waals surface area contributed by atoms with Crippen molar-refractivity contribution in [2.45, 2.75) is 76.7 Å². The molecule has 5 rings (SSSR count). The molecule has 1 heterocycles. The van der Waals surface area contributed by atoms with Crippen LogP contribution in [-0.2, 0) is 16.0 Å². The van der Waals surface area contributed by atoms with Gasteiger partial charge in [0.2, 0.25) is 0 Å². The molecule has 1 N–H and O–H groups in total. The van der Waals surface area contributed by atoms with Crippen molar-refractivity contribution in [1.82, 2.24) is 0 Å². The van der Waals surface area contributed by atoms with Crippen LogP contribution in [0.25, 0.3) is 0 Å². The van der Waals surface area contributed by atoms with Crippen molar-refractivity contribution in [2.75, 3.05) is 6.61 Å². The average molecular weight is 358 g/mol. The van der Waals surface area contributed by atoms with Gasteiger partial charge in [0.15, 0.2) is 0 Å². The number of carbonyl (C=O) groups excluding carboxylic acids is 1. The molecule has 1 aromatic rings. The number of rotatable bonds is 2. The van der Waals surface area contributed by atoms with Crippen LogP contribution in [0.2, 0.25) is 0 Å². The first-order valence-corrected chi connectivity index (χ1v) is 10.3. The summed E-state index contributed by atoms with van der Waals surface area (Å²) in [4.78, 5) is 11.3. The number of carbonyl (C=O) groups is 1. The predicted molar refractivity (Wildman–Crippen MR) is 96.6 cm³/mol. The molecule has 2 bridgehead atoms. The number of ether oxygens (including phenoxy) is 1. The van der Waals surface area contributed by atoms with E-state index in [1.807, 2.05) is 6.26 Å². The Morgan fingerprint density at radius 1 is 1.35 bits per heavy atom. The van der Waals surface area contributed by atoms with Gasteiger partial charge < -0.3 is 14.3 Å². The monoisotopic (exact) mass is 358 g/mol. The molecular weight excluding hydrogens is 328 g/mol. The molecule has 4 aliphatic carbocycles. The van der Waals surface area contributed by atoms with E-state index in [-0.39, 0.29) is 23.9 Å². The van der Waals surface area contributed by atoms with Gasteiger partial charge in [-0.25, -0.2) is 0 Å². The zero-order chi connectivity index (χ0) is 18.2. The maximum absolute atomic E-state index is 11.4. The highest BCUT2D eigenvalue weighted by Gasteiger charge is 2.66. The molecule has 0 radical (unpaired) electrons. The van der Waals surface area contributed by atoms with Gasteiger partial charge in [0, 0.05) is 13.3 Å². The Bertz CT molecular complexity index is 738. The van der Waals surface area contributed by atoms with Gasteiger partial charge in [-0.15, -0.1) is 0 Å². The van der Waals surface area contributed by atoms with Crippen LogP contribution in [0.1, 0.15) is 76.0 Å². The number of esters is 1. The second kappa shape index (κ2) is 5.37. The lowest BCUT2D eigenvalue weighted by atomic mass is 9.45. The van der Waals surface area contributed by atoms with Crippen molar-refractivity contribution in [2.24, 2.45) is 22.7 Å². The van der Waals surface area contributed by atoms with E-state index >= 15 is 0 Å². The van der Waals surface area contributed by atoms with Crippen LogP contribution in [0.4, 0.5) is 0 Å². The third kappa shape index (κ3) is 2.14. The molecule has 3 saturated carbocycles. The van der Waals surface area contributed by atoms with E-state index in [9.17, 15) is 9.90 Å². The molecule has 4 nitrogen and oxygen atoms in total. The summed E-state index contributed by atoms with van der Waals surface area (Å²) in [5.74, 6) is 2.45. The molecule has 0 aliphatic heterocycles. The van der Waals surface area contributed by atoms with E-state index in [1.54, 1.807) is 0 Å². The second-order valence-electron chi connectivity index (χ2n) is 9.85. The average Bonchev–Trinajstić information content (AvgIpc) is 3.14. The molecule has 142 valence electrons. The van der Waals surface area contributed by atoms with Crippen molar-refractivity contribution in [3.05, 3.63) is 23.7 Å². The van der Waals surface area contributed by atoms with E-state index in [1.165, 1.54) is 43.9 Å². The number of fused-ring (bicyclic) bond motifs is 5. The Morgan fingerprint density at radius 3 is 3.00 bits per heavy atom.